The van der Waals surface area contributed by atoms with E-state index in [-0.39, 0.29) is 5.91 Å². The van der Waals surface area contributed by atoms with Gasteiger partial charge in [0.1, 0.15) is 5.82 Å². The number of nitrogens with zero attached hydrogens (tertiary/aromatic N) is 1. The Morgan fingerprint density at radius 3 is 2.65 bits per heavy atom. The summed E-state index contributed by atoms with van der Waals surface area (Å²) in [6, 6.07) is 13.2. The normalized spacial score (nSPS) is 9.94. The number of carbonyl (C=O) groups excluding carboxylic acids is 1. The van der Waals surface area contributed by atoms with E-state index in [1.165, 1.54) is 0 Å². The summed E-state index contributed by atoms with van der Waals surface area (Å²) in [5, 5.41) is 2.76. The maximum atomic E-state index is 11.8. The molecule has 3 nitrogen and oxygen atoms in total. The number of benzene rings is 1. The van der Waals surface area contributed by atoms with Crippen LogP contribution in [0.3, 0.4) is 0 Å². The van der Waals surface area contributed by atoms with E-state index in [4.69, 9.17) is 0 Å². The molecule has 1 heterocycles. The molecule has 0 unspecified atom stereocenters. The van der Waals surface area contributed by atoms with Crippen LogP contribution >= 0.6 is 15.9 Å². The van der Waals surface area contributed by atoms with Crippen molar-refractivity contribution in [3.63, 3.8) is 0 Å². The van der Waals surface area contributed by atoms with Crippen LogP contribution in [0.2, 0.25) is 0 Å². The van der Waals surface area contributed by atoms with Gasteiger partial charge >= 0.3 is 0 Å². The molecule has 0 spiro atoms. The fourth-order valence-corrected chi connectivity index (χ4v) is 1.79. The van der Waals surface area contributed by atoms with E-state index in [9.17, 15) is 4.79 Å². The van der Waals surface area contributed by atoms with Gasteiger partial charge in [0.15, 0.2) is 0 Å². The van der Waals surface area contributed by atoms with Crippen LogP contribution in [-0.2, 0) is 11.2 Å². The summed E-state index contributed by atoms with van der Waals surface area (Å²) in [6.45, 7) is 0. The summed E-state index contributed by atoms with van der Waals surface area (Å²) in [6.07, 6.45) is 1.99. The Bertz CT molecular complexity index is 514. The first-order chi connectivity index (χ1) is 8.25. The van der Waals surface area contributed by atoms with Crippen molar-refractivity contribution in [1.29, 1.82) is 0 Å². The summed E-state index contributed by atoms with van der Waals surface area (Å²) in [5.74, 6) is 0.476. The van der Waals surface area contributed by atoms with Gasteiger partial charge < -0.3 is 5.32 Å². The molecule has 86 valence electrons. The van der Waals surface area contributed by atoms with Crippen LogP contribution in [0, 0.1) is 0 Å². The zero-order valence-electron chi connectivity index (χ0n) is 9.06. The van der Waals surface area contributed by atoms with Crippen LogP contribution in [0.25, 0.3) is 0 Å². The summed E-state index contributed by atoms with van der Waals surface area (Å²) < 4.78 is 0.779. The van der Waals surface area contributed by atoms with Crippen molar-refractivity contribution in [2.45, 2.75) is 6.42 Å². The van der Waals surface area contributed by atoms with E-state index >= 15 is 0 Å². The van der Waals surface area contributed by atoms with Gasteiger partial charge in [-0.2, -0.15) is 0 Å². The lowest BCUT2D eigenvalue weighted by molar-refractivity contribution is -0.115. The Morgan fingerprint density at radius 2 is 1.94 bits per heavy atom. The molecule has 0 bridgehead atoms. The van der Waals surface area contributed by atoms with Gasteiger partial charge in [0.25, 0.3) is 0 Å². The highest BCUT2D eigenvalue weighted by molar-refractivity contribution is 9.10. The fourth-order valence-electron chi connectivity index (χ4n) is 1.44. The third-order valence-electron chi connectivity index (χ3n) is 2.22. The Hall–Kier alpha value is -1.68. The quantitative estimate of drug-likeness (QED) is 0.944. The molecule has 2 aromatic rings. The lowest BCUT2D eigenvalue weighted by Gasteiger charge is -2.05. The number of hydrogen-bond donors (Lipinski definition) is 1. The first-order valence-electron chi connectivity index (χ1n) is 5.20. The van der Waals surface area contributed by atoms with E-state index < -0.39 is 0 Å². The smallest absolute Gasteiger partial charge is 0.229 e. The maximum absolute atomic E-state index is 11.8. The molecule has 0 atom stereocenters. The Balaban J connectivity index is 2.01. The van der Waals surface area contributed by atoms with Crippen molar-refractivity contribution in [2.24, 2.45) is 0 Å². The molecule has 1 amide bonds. The van der Waals surface area contributed by atoms with Crippen molar-refractivity contribution in [2.75, 3.05) is 5.32 Å². The number of amides is 1. The largest absolute Gasteiger partial charge is 0.309 e. The number of aromatic nitrogens is 1. The molecule has 0 aliphatic carbocycles. The van der Waals surface area contributed by atoms with Crippen molar-refractivity contribution in [3.8, 4) is 0 Å². The van der Waals surface area contributed by atoms with Crippen LogP contribution in [0.15, 0.2) is 53.1 Å². The van der Waals surface area contributed by atoms with Gasteiger partial charge in [0.2, 0.25) is 5.91 Å². The molecule has 1 aromatic heterocycles. The highest BCUT2D eigenvalue weighted by Gasteiger charge is 2.06. The Morgan fingerprint density at radius 1 is 1.18 bits per heavy atom. The molecule has 0 aliphatic heterocycles. The molecular formula is C13H11BrN2O. The number of carbonyl (C=O) groups is 1. The molecule has 0 saturated carbocycles. The van der Waals surface area contributed by atoms with Crippen molar-refractivity contribution >= 4 is 27.7 Å². The number of pyridine rings is 1. The highest BCUT2D eigenvalue weighted by atomic mass is 79.9. The summed E-state index contributed by atoms with van der Waals surface area (Å²) in [4.78, 5) is 15.8. The van der Waals surface area contributed by atoms with E-state index in [0.717, 1.165) is 10.0 Å². The summed E-state index contributed by atoms with van der Waals surface area (Å²) in [5.41, 5.74) is 0.983. The second-order valence-corrected chi connectivity index (χ2v) is 4.40. The maximum Gasteiger partial charge on any atom is 0.229 e. The van der Waals surface area contributed by atoms with Crippen LogP contribution in [-0.4, -0.2) is 10.9 Å². The average Bonchev–Trinajstić information content (AvgIpc) is 2.33. The second-order valence-electron chi connectivity index (χ2n) is 3.54. The first kappa shape index (κ1) is 11.8. The van der Waals surface area contributed by atoms with Crippen LogP contribution in [0.1, 0.15) is 5.56 Å². The number of rotatable bonds is 3. The van der Waals surface area contributed by atoms with E-state index in [1.807, 2.05) is 36.4 Å². The van der Waals surface area contributed by atoms with Crippen molar-refractivity contribution in [3.05, 3.63) is 58.7 Å². The van der Waals surface area contributed by atoms with Gasteiger partial charge in [-0.25, -0.2) is 4.98 Å². The molecule has 0 fully saturated rings. The molecule has 0 saturated heterocycles. The Kier molecular flexibility index (Phi) is 3.88. The zero-order valence-corrected chi connectivity index (χ0v) is 10.6. The molecular weight excluding hydrogens is 280 g/mol. The predicted octanol–water partition coefficient (Wildman–Crippen LogP) is 3.03. The average molecular weight is 291 g/mol. The number of nitrogens with one attached hydrogen (secondary N) is 1. The molecule has 2 rings (SSSR count). The first-order valence-corrected chi connectivity index (χ1v) is 5.99. The van der Waals surface area contributed by atoms with Gasteiger partial charge in [0, 0.05) is 6.20 Å². The highest BCUT2D eigenvalue weighted by Crippen LogP contribution is 2.18. The van der Waals surface area contributed by atoms with Crippen molar-refractivity contribution in [1.82, 2.24) is 4.98 Å². The van der Waals surface area contributed by atoms with Gasteiger partial charge in [-0.1, -0.05) is 30.3 Å². The SMILES string of the molecule is O=C(Cc1ccccc1)Nc1ncccc1Br. The third-order valence-corrected chi connectivity index (χ3v) is 2.86. The van der Waals surface area contributed by atoms with Crippen LogP contribution in [0.5, 0.6) is 0 Å². The van der Waals surface area contributed by atoms with E-state index in [1.54, 1.807) is 12.3 Å². The van der Waals surface area contributed by atoms with E-state index in [0.29, 0.717) is 12.2 Å². The Labute approximate surface area is 108 Å². The number of anilines is 1. The fraction of sp³-hybridized carbons (Fsp3) is 0.0769. The lowest BCUT2D eigenvalue weighted by Crippen LogP contribution is -2.15. The predicted molar refractivity (Wildman–Crippen MR) is 70.7 cm³/mol. The second kappa shape index (κ2) is 5.59. The summed E-state index contributed by atoms with van der Waals surface area (Å²) in [7, 11) is 0. The van der Waals surface area contributed by atoms with Crippen molar-refractivity contribution < 1.29 is 4.79 Å². The minimum absolute atomic E-state index is 0.0735. The zero-order chi connectivity index (χ0) is 12.1. The van der Waals surface area contributed by atoms with Crippen LogP contribution in [0.4, 0.5) is 5.82 Å². The monoisotopic (exact) mass is 290 g/mol. The third kappa shape index (κ3) is 3.39. The minimum atomic E-state index is -0.0735. The lowest BCUT2D eigenvalue weighted by atomic mass is 10.1. The molecule has 1 N–H and O–H groups in total. The van der Waals surface area contributed by atoms with Gasteiger partial charge in [-0.3, -0.25) is 4.79 Å². The molecule has 1 aromatic carbocycles. The molecule has 0 aliphatic rings. The van der Waals surface area contributed by atoms with Gasteiger partial charge in [-0.15, -0.1) is 0 Å². The topological polar surface area (TPSA) is 42.0 Å². The molecule has 17 heavy (non-hydrogen) atoms. The molecule has 0 radical (unpaired) electrons. The minimum Gasteiger partial charge on any atom is -0.309 e. The number of hydrogen-bond acceptors (Lipinski definition) is 2. The standard InChI is InChI=1S/C13H11BrN2O/c14-11-7-4-8-15-13(11)16-12(17)9-10-5-2-1-3-6-10/h1-8H,9H2,(H,15,16,17). The number of halogens is 1. The summed E-state index contributed by atoms with van der Waals surface area (Å²) >= 11 is 3.33. The van der Waals surface area contributed by atoms with Gasteiger partial charge in [0.05, 0.1) is 10.9 Å². The molecule has 4 heteroatoms. The van der Waals surface area contributed by atoms with Gasteiger partial charge in [-0.05, 0) is 33.6 Å². The van der Waals surface area contributed by atoms with E-state index in [2.05, 4.69) is 26.2 Å². The van der Waals surface area contributed by atoms with Crippen LogP contribution < -0.4 is 5.32 Å².